The van der Waals surface area contributed by atoms with Crippen molar-refractivity contribution in [1.29, 1.82) is 0 Å². The molecule has 0 aliphatic heterocycles. The van der Waals surface area contributed by atoms with E-state index >= 15 is 0 Å². The summed E-state index contributed by atoms with van der Waals surface area (Å²) >= 11 is 6.10. The van der Waals surface area contributed by atoms with Crippen LogP contribution in [0, 0.1) is 5.92 Å². The molecule has 2 N–H and O–H groups in total. The van der Waals surface area contributed by atoms with Crippen LogP contribution in [0.3, 0.4) is 0 Å². The first-order valence-corrected chi connectivity index (χ1v) is 5.88. The third kappa shape index (κ3) is 2.77. The molecular formula is C12H15ClN4. The fourth-order valence-electron chi connectivity index (χ4n) is 1.62. The summed E-state index contributed by atoms with van der Waals surface area (Å²) in [5.41, 5.74) is 7.80. The molecule has 0 unspecified atom stereocenters. The molecule has 0 saturated carbocycles. The lowest BCUT2D eigenvalue weighted by atomic mass is 10.2. The third-order valence-electron chi connectivity index (χ3n) is 2.32. The zero-order valence-electron chi connectivity index (χ0n) is 9.89. The van der Waals surface area contributed by atoms with Gasteiger partial charge >= 0.3 is 0 Å². The highest BCUT2D eigenvalue weighted by atomic mass is 35.5. The molecule has 90 valence electrons. The maximum Gasteiger partial charge on any atom is 0.0921 e. The van der Waals surface area contributed by atoms with Crippen molar-refractivity contribution in [2.75, 3.05) is 5.73 Å². The van der Waals surface area contributed by atoms with Crippen molar-refractivity contribution in [2.45, 2.75) is 20.4 Å². The van der Waals surface area contributed by atoms with E-state index in [0.29, 0.717) is 16.6 Å². The Morgan fingerprint density at radius 2 is 2.18 bits per heavy atom. The summed E-state index contributed by atoms with van der Waals surface area (Å²) in [5.74, 6) is 0.553. The van der Waals surface area contributed by atoms with Gasteiger partial charge < -0.3 is 5.73 Å². The Morgan fingerprint density at radius 1 is 1.41 bits per heavy atom. The topological polar surface area (TPSA) is 56.7 Å². The summed E-state index contributed by atoms with van der Waals surface area (Å²) in [4.78, 5) is 4.23. The lowest BCUT2D eigenvalue weighted by molar-refractivity contribution is 0.483. The standard InChI is InChI=1S/C12H15ClN4/c1-8(2)6-17-7-9(4-16-17)12-11(13)3-10(14)5-15-12/h3-5,7-8H,6,14H2,1-2H3. The van der Waals surface area contributed by atoms with E-state index < -0.39 is 0 Å². The molecule has 5 heteroatoms. The molecule has 0 aromatic carbocycles. The van der Waals surface area contributed by atoms with Gasteiger partial charge in [0.25, 0.3) is 0 Å². The quantitative estimate of drug-likeness (QED) is 0.911. The number of rotatable bonds is 3. The van der Waals surface area contributed by atoms with Gasteiger partial charge in [-0.1, -0.05) is 25.4 Å². The van der Waals surface area contributed by atoms with Crippen LogP contribution in [0.25, 0.3) is 11.3 Å². The molecular weight excluding hydrogens is 236 g/mol. The average Bonchev–Trinajstić information content (AvgIpc) is 2.65. The Hall–Kier alpha value is -1.55. The molecule has 0 amide bonds. The normalized spacial score (nSPS) is 11.1. The maximum atomic E-state index is 6.10. The number of hydrogen-bond donors (Lipinski definition) is 1. The van der Waals surface area contributed by atoms with E-state index in [0.717, 1.165) is 17.8 Å². The molecule has 4 nitrogen and oxygen atoms in total. The molecule has 0 atom stereocenters. The van der Waals surface area contributed by atoms with Gasteiger partial charge in [0.05, 0.1) is 28.8 Å². The first kappa shape index (κ1) is 11.9. The zero-order valence-corrected chi connectivity index (χ0v) is 10.6. The van der Waals surface area contributed by atoms with Crippen molar-refractivity contribution in [1.82, 2.24) is 14.8 Å². The Balaban J connectivity index is 2.30. The number of hydrogen-bond acceptors (Lipinski definition) is 3. The van der Waals surface area contributed by atoms with Crippen LogP contribution in [0.1, 0.15) is 13.8 Å². The summed E-state index contributed by atoms with van der Waals surface area (Å²) in [7, 11) is 0. The molecule has 2 heterocycles. The molecule has 0 spiro atoms. The number of nitrogens with two attached hydrogens (primary N) is 1. The molecule has 0 fully saturated rings. The molecule has 0 radical (unpaired) electrons. The van der Waals surface area contributed by atoms with E-state index in [-0.39, 0.29) is 0 Å². The van der Waals surface area contributed by atoms with Crippen molar-refractivity contribution in [2.24, 2.45) is 5.92 Å². The highest BCUT2D eigenvalue weighted by molar-refractivity contribution is 6.33. The fourth-order valence-corrected chi connectivity index (χ4v) is 1.91. The smallest absolute Gasteiger partial charge is 0.0921 e. The minimum absolute atomic E-state index is 0.550. The second kappa shape index (κ2) is 4.75. The highest BCUT2D eigenvalue weighted by Gasteiger charge is 2.08. The van der Waals surface area contributed by atoms with E-state index in [1.807, 2.05) is 10.9 Å². The van der Waals surface area contributed by atoms with E-state index in [1.54, 1.807) is 18.5 Å². The second-order valence-corrected chi connectivity index (χ2v) is 4.85. The summed E-state index contributed by atoms with van der Waals surface area (Å²) in [6, 6.07) is 1.70. The maximum absolute atomic E-state index is 6.10. The minimum Gasteiger partial charge on any atom is -0.397 e. The van der Waals surface area contributed by atoms with Crippen LogP contribution in [0.15, 0.2) is 24.7 Å². The van der Waals surface area contributed by atoms with E-state index in [1.165, 1.54) is 0 Å². The molecule has 2 rings (SSSR count). The van der Waals surface area contributed by atoms with E-state index in [4.69, 9.17) is 17.3 Å². The predicted octanol–water partition coefficient (Wildman–Crippen LogP) is 2.84. The predicted molar refractivity (Wildman–Crippen MR) is 69.7 cm³/mol. The number of anilines is 1. The zero-order chi connectivity index (χ0) is 12.4. The van der Waals surface area contributed by atoms with Gasteiger partial charge in [0.15, 0.2) is 0 Å². The molecule has 0 bridgehead atoms. The summed E-state index contributed by atoms with van der Waals surface area (Å²) in [5, 5.41) is 4.83. The van der Waals surface area contributed by atoms with Crippen molar-refractivity contribution >= 4 is 17.3 Å². The third-order valence-corrected chi connectivity index (χ3v) is 2.61. The summed E-state index contributed by atoms with van der Waals surface area (Å²) in [6.07, 6.45) is 5.32. The monoisotopic (exact) mass is 250 g/mol. The Bertz CT molecular complexity index is 519. The van der Waals surface area contributed by atoms with Crippen molar-refractivity contribution in [3.63, 3.8) is 0 Å². The van der Waals surface area contributed by atoms with Gasteiger partial charge in [0.2, 0.25) is 0 Å². The van der Waals surface area contributed by atoms with Gasteiger partial charge in [-0.3, -0.25) is 9.67 Å². The average molecular weight is 251 g/mol. The van der Waals surface area contributed by atoms with Crippen LogP contribution in [-0.2, 0) is 6.54 Å². The second-order valence-electron chi connectivity index (χ2n) is 4.44. The van der Waals surface area contributed by atoms with Gasteiger partial charge in [-0.25, -0.2) is 0 Å². The Morgan fingerprint density at radius 3 is 2.82 bits per heavy atom. The van der Waals surface area contributed by atoms with Gasteiger partial charge in [-0.2, -0.15) is 5.10 Å². The van der Waals surface area contributed by atoms with Crippen LogP contribution in [0.5, 0.6) is 0 Å². The molecule has 0 saturated heterocycles. The number of nitrogen functional groups attached to an aromatic ring is 1. The van der Waals surface area contributed by atoms with Crippen LogP contribution >= 0.6 is 11.6 Å². The van der Waals surface area contributed by atoms with Crippen molar-refractivity contribution < 1.29 is 0 Å². The van der Waals surface area contributed by atoms with Crippen molar-refractivity contribution in [3.05, 3.63) is 29.7 Å². The lowest BCUT2D eigenvalue weighted by Gasteiger charge is -2.04. The van der Waals surface area contributed by atoms with Gasteiger partial charge in [-0.15, -0.1) is 0 Å². The number of halogens is 1. The first-order valence-electron chi connectivity index (χ1n) is 5.50. The Kier molecular flexibility index (Phi) is 3.33. The molecule has 0 aliphatic carbocycles. The van der Waals surface area contributed by atoms with Crippen molar-refractivity contribution in [3.8, 4) is 11.3 Å². The van der Waals surface area contributed by atoms with Gasteiger partial charge in [0.1, 0.15) is 0 Å². The largest absolute Gasteiger partial charge is 0.397 e. The first-order chi connectivity index (χ1) is 8.06. The highest BCUT2D eigenvalue weighted by Crippen LogP contribution is 2.26. The SMILES string of the molecule is CC(C)Cn1cc(-c2ncc(N)cc2Cl)cn1. The lowest BCUT2D eigenvalue weighted by Crippen LogP contribution is -2.04. The van der Waals surface area contributed by atoms with E-state index in [2.05, 4.69) is 23.9 Å². The van der Waals surface area contributed by atoms with Crippen LogP contribution in [0.2, 0.25) is 5.02 Å². The molecule has 2 aromatic heterocycles. The van der Waals surface area contributed by atoms with Gasteiger partial charge in [0, 0.05) is 18.3 Å². The van der Waals surface area contributed by atoms with Gasteiger partial charge in [-0.05, 0) is 12.0 Å². The molecule has 17 heavy (non-hydrogen) atoms. The summed E-state index contributed by atoms with van der Waals surface area (Å²) < 4.78 is 1.90. The summed E-state index contributed by atoms with van der Waals surface area (Å²) in [6.45, 7) is 5.18. The number of nitrogens with zero attached hydrogens (tertiary/aromatic N) is 3. The minimum atomic E-state index is 0.550. The van der Waals surface area contributed by atoms with Crippen LogP contribution < -0.4 is 5.73 Å². The fraction of sp³-hybridized carbons (Fsp3) is 0.333. The van der Waals surface area contributed by atoms with E-state index in [9.17, 15) is 0 Å². The van der Waals surface area contributed by atoms with Crippen LogP contribution in [0.4, 0.5) is 5.69 Å². The number of aromatic nitrogens is 3. The molecule has 0 aliphatic rings. The Labute approximate surface area is 105 Å². The van der Waals surface area contributed by atoms with Crippen LogP contribution in [-0.4, -0.2) is 14.8 Å². The molecule has 2 aromatic rings. The number of pyridine rings is 1.